The number of hydrogen-bond acceptors (Lipinski definition) is 6. The van der Waals surface area contributed by atoms with E-state index in [1.165, 1.54) is 34.3 Å². The maximum absolute atomic E-state index is 11.9. The molecule has 0 spiro atoms. The molecule has 0 heterocycles. The zero-order valence-electron chi connectivity index (χ0n) is 11.3. The maximum Gasteiger partial charge on any atom is 0.207 e. The molecule has 0 aliphatic heterocycles. The molecule has 0 atom stereocenters. The Kier molecular flexibility index (Phi) is 4.74. The highest BCUT2D eigenvalue weighted by atomic mass is 16.5. The van der Waals surface area contributed by atoms with Crippen molar-refractivity contribution in [3.63, 3.8) is 0 Å². The molecular weight excluding hydrogens is 252 g/mol. The van der Waals surface area contributed by atoms with E-state index in [2.05, 4.69) is 0 Å². The van der Waals surface area contributed by atoms with Crippen LogP contribution in [-0.4, -0.2) is 38.0 Å². The SMILES string of the molecule is COc1cc(C(=O)CC(C)=O)c(O)c(OC)c1OC. The van der Waals surface area contributed by atoms with E-state index in [1.807, 2.05) is 0 Å². The first-order chi connectivity index (χ1) is 8.96. The number of phenols is 1. The summed E-state index contributed by atoms with van der Waals surface area (Å²) in [6, 6.07) is 1.32. The number of ketones is 2. The quantitative estimate of drug-likeness (QED) is 0.623. The summed E-state index contributed by atoms with van der Waals surface area (Å²) in [5.41, 5.74) is -0.0373. The highest BCUT2D eigenvalue weighted by molar-refractivity contribution is 6.09. The molecule has 0 saturated carbocycles. The largest absolute Gasteiger partial charge is 0.504 e. The predicted octanol–water partition coefficient (Wildman–Crippen LogP) is 1.58. The van der Waals surface area contributed by atoms with Crippen LogP contribution in [0.25, 0.3) is 0 Å². The Morgan fingerprint density at radius 1 is 1.11 bits per heavy atom. The number of phenolic OH excluding ortho intramolecular Hbond substituents is 1. The van der Waals surface area contributed by atoms with Crippen LogP contribution in [0.2, 0.25) is 0 Å². The fourth-order valence-electron chi connectivity index (χ4n) is 1.67. The fourth-order valence-corrected chi connectivity index (χ4v) is 1.67. The van der Waals surface area contributed by atoms with Gasteiger partial charge in [-0.25, -0.2) is 0 Å². The molecule has 0 unspecified atom stereocenters. The normalized spacial score (nSPS) is 9.89. The molecule has 0 aliphatic carbocycles. The van der Waals surface area contributed by atoms with Crippen molar-refractivity contribution in [1.29, 1.82) is 0 Å². The van der Waals surface area contributed by atoms with E-state index in [4.69, 9.17) is 14.2 Å². The van der Waals surface area contributed by atoms with Crippen molar-refractivity contribution >= 4 is 11.6 Å². The van der Waals surface area contributed by atoms with E-state index in [0.29, 0.717) is 0 Å². The van der Waals surface area contributed by atoms with E-state index in [-0.39, 0.29) is 40.8 Å². The fraction of sp³-hybridized carbons (Fsp3) is 0.385. The lowest BCUT2D eigenvalue weighted by Gasteiger charge is -2.15. The number of benzene rings is 1. The summed E-state index contributed by atoms with van der Waals surface area (Å²) in [6.07, 6.45) is -0.299. The Labute approximate surface area is 110 Å². The molecule has 1 aromatic rings. The molecule has 0 aromatic heterocycles. The second kappa shape index (κ2) is 6.08. The Morgan fingerprint density at radius 2 is 1.68 bits per heavy atom. The van der Waals surface area contributed by atoms with Gasteiger partial charge in [-0.05, 0) is 13.0 Å². The first-order valence-corrected chi connectivity index (χ1v) is 5.50. The molecule has 6 nitrogen and oxygen atoms in total. The van der Waals surface area contributed by atoms with Crippen LogP contribution in [0.3, 0.4) is 0 Å². The lowest BCUT2D eigenvalue weighted by atomic mass is 10.0. The molecule has 104 valence electrons. The lowest BCUT2D eigenvalue weighted by molar-refractivity contribution is -0.116. The standard InChI is InChI=1S/C13H16O6/c1-7(14)5-9(15)8-6-10(17-2)12(18-3)13(19-4)11(8)16/h6,16H,5H2,1-4H3. The molecule has 0 bridgehead atoms. The summed E-state index contributed by atoms with van der Waals surface area (Å²) < 4.78 is 15.2. The summed E-state index contributed by atoms with van der Waals surface area (Å²) in [7, 11) is 4.11. The van der Waals surface area contributed by atoms with Gasteiger partial charge in [0.15, 0.2) is 17.3 Å². The monoisotopic (exact) mass is 268 g/mol. The molecule has 19 heavy (non-hydrogen) atoms. The van der Waals surface area contributed by atoms with Gasteiger partial charge < -0.3 is 19.3 Å². The molecule has 6 heteroatoms. The third-order valence-corrected chi connectivity index (χ3v) is 2.51. The number of methoxy groups -OCH3 is 3. The van der Waals surface area contributed by atoms with Gasteiger partial charge in [-0.3, -0.25) is 9.59 Å². The van der Waals surface area contributed by atoms with E-state index < -0.39 is 5.78 Å². The van der Waals surface area contributed by atoms with Crippen LogP contribution in [0.5, 0.6) is 23.0 Å². The van der Waals surface area contributed by atoms with E-state index in [1.54, 1.807) is 0 Å². The van der Waals surface area contributed by atoms with Crippen LogP contribution >= 0.6 is 0 Å². The van der Waals surface area contributed by atoms with Gasteiger partial charge in [0.05, 0.1) is 33.3 Å². The third-order valence-electron chi connectivity index (χ3n) is 2.51. The van der Waals surface area contributed by atoms with Crippen molar-refractivity contribution in [3.8, 4) is 23.0 Å². The number of ether oxygens (including phenoxy) is 3. The smallest absolute Gasteiger partial charge is 0.207 e. The molecule has 0 radical (unpaired) electrons. The third kappa shape index (κ3) is 2.96. The van der Waals surface area contributed by atoms with Crippen molar-refractivity contribution in [2.24, 2.45) is 0 Å². The van der Waals surface area contributed by atoms with Crippen molar-refractivity contribution in [2.75, 3.05) is 21.3 Å². The average molecular weight is 268 g/mol. The number of rotatable bonds is 6. The minimum atomic E-state index is -0.510. The van der Waals surface area contributed by atoms with Crippen LogP contribution in [0.1, 0.15) is 23.7 Å². The molecule has 1 aromatic carbocycles. The van der Waals surface area contributed by atoms with Gasteiger partial charge in [-0.1, -0.05) is 0 Å². The van der Waals surface area contributed by atoms with E-state index in [0.717, 1.165) is 0 Å². The van der Waals surface area contributed by atoms with Gasteiger partial charge in [-0.15, -0.1) is 0 Å². The van der Waals surface area contributed by atoms with Crippen LogP contribution < -0.4 is 14.2 Å². The Morgan fingerprint density at radius 3 is 2.11 bits per heavy atom. The predicted molar refractivity (Wildman–Crippen MR) is 67.4 cm³/mol. The summed E-state index contributed by atoms with van der Waals surface area (Å²) >= 11 is 0. The van der Waals surface area contributed by atoms with Crippen LogP contribution in [0.15, 0.2) is 6.07 Å². The topological polar surface area (TPSA) is 82.1 Å². The first-order valence-electron chi connectivity index (χ1n) is 5.50. The van der Waals surface area contributed by atoms with Crippen LogP contribution in [0.4, 0.5) is 0 Å². The van der Waals surface area contributed by atoms with E-state index >= 15 is 0 Å². The molecule has 0 saturated heterocycles. The molecule has 0 fully saturated rings. The number of hydrogen-bond donors (Lipinski definition) is 1. The molecule has 1 rings (SSSR count). The Hall–Kier alpha value is -2.24. The van der Waals surface area contributed by atoms with E-state index in [9.17, 15) is 14.7 Å². The molecule has 0 amide bonds. The summed E-state index contributed by atoms with van der Waals surface area (Å²) in [5, 5.41) is 10.0. The number of aromatic hydroxyl groups is 1. The minimum absolute atomic E-state index is 0.00579. The van der Waals surface area contributed by atoms with Gasteiger partial charge >= 0.3 is 0 Å². The lowest BCUT2D eigenvalue weighted by Crippen LogP contribution is -2.07. The van der Waals surface area contributed by atoms with Gasteiger partial charge in [0.25, 0.3) is 0 Å². The number of Topliss-reactive ketones (excluding diaryl/α,β-unsaturated/α-hetero) is 2. The second-order valence-corrected chi connectivity index (χ2v) is 3.84. The molecule has 1 N–H and O–H groups in total. The minimum Gasteiger partial charge on any atom is -0.504 e. The maximum atomic E-state index is 11.9. The van der Waals surface area contributed by atoms with Crippen LogP contribution in [0, 0.1) is 0 Å². The first kappa shape index (κ1) is 14.8. The zero-order valence-corrected chi connectivity index (χ0v) is 11.3. The van der Waals surface area contributed by atoms with Crippen molar-refractivity contribution in [1.82, 2.24) is 0 Å². The van der Waals surface area contributed by atoms with Gasteiger partial charge in [0.1, 0.15) is 5.78 Å². The molecular formula is C13H16O6. The summed E-state index contributed by atoms with van der Waals surface area (Å²) in [4.78, 5) is 22.9. The molecule has 0 aliphatic rings. The summed E-state index contributed by atoms with van der Waals surface area (Å²) in [5.74, 6) is -0.756. The van der Waals surface area contributed by atoms with Gasteiger partial charge in [-0.2, -0.15) is 0 Å². The Bertz CT molecular complexity index is 506. The zero-order chi connectivity index (χ0) is 14.6. The van der Waals surface area contributed by atoms with Crippen molar-refractivity contribution in [2.45, 2.75) is 13.3 Å². The van der Waals surface area contributed by atoms with Gasteiger partial charge in [0, 0.05) is 0 Å². The second-order valence-electron chi connectivity index (χ2n) is 3.84. The average Bonchev–Trinajstić information content (AvgIpc) is 2.36. The number of carbonyl (C=O) groups excluding carboxylic acids is 2. The van der Waals surface area contributed by atoms with Crippen molar-refractivity contribution < 1.29 is 28.9 Å². The Balaban J connectivity index is 3.41. The van der Waals surface area contributed by atoms with Gasteiger partial charge in [0.2, 0.25) is 11.5 Å². The highest BCUT2D eigenvalue weighted by Gasteiger charge is 2.24. The van der Waals surface area contributed by atoms with Crippen molar-refractivity contribution in [3.05, 3.63) is 11.6 Å². The summed E-state index contributed by atoms with van der Waals surface area (Å²) in [6.45, 7) is 1.30. The highest BCUT2D eigenvalue weighted by Crippen LogP contribution is 2.46. The number of carbonyl (C=O) groups is 2. The van der Waals surface area contributed by atoms with Crippen LogP contribution in [-0.2, 0) is 4.79 Å².